The van der Waals surface area contributed by atoms with Gasteiger partial charge in [0.1, 0.15) is 0 Å². The third-order valence-electron chi connectivity index (χ3n) is 3.61. The summed E-state index contributed by atoms with van der Waals surface area (Å²) in [5.74, 6) is 0. The summed E-state index contributed by atoms with van der Waals surface area (Å²) in [7, 11) is 0. The van der Waals surface area contributed by atoms with Crippen molar-refractivity contribution in [1.82, 2.24) is 10.2 Å². The molecule has 0 saturated heterocycles. The van der Waals surface area contributed by atoms with Gasteiger partial charge >= 0.3 is 0 Å². The van der Waals surface area contributed by atoms with Gasteiger partial charge < -0.3 is 5.32 Å². The average Bonchev–Trinajstić information content (AvgIpc) is 3.24. The van der Waals surface area contributed by atoms with Crippen LogP contribution in [0.5, 0.6) is 0 Å². The molecule has 1 aromatic rings. The quantitative estimate of drug-likeness (QED) is 0.448. The first-order valence-corrected chi connectivity index (χ1v) is 7.78. The number of hydrogen-bond acceptors (Lipinski definition) is 4. The van der Waals surface area contributed by atoms with E-state index < -0.39 is 0 Å². The minimum absolute atomic E-state index is 0.117. The molecule has 1 aliphatic carbocycles. The number of nitrogens with zero attached hydrogens (tertiary/aromatic N) is 2. The zero-order valence-corrected chi connectivity index (χ0v) is 13.2. The number of nitrogens with one attached hydrogen (secondary N) is 1. The van der Waals surface area contributed by atoms with Crippen LogP contribution in [0.25, 0.3) is 0 Å². The SMILES string of the molecule is CCN(CCNCc1ccc([N+](=O)[O-])cc1Br)C1CC1. The van der Waals surface area contributed by atoms with E-state index in [0.717, 1.165) is 42.3 Å². The highest BCUT2D eigenvalue weighted by Gasteiger charge is 2.26. The lowest BCUT2D eigenvalue weighted by atomic mass is 10.2. The molecule has 1 saturated carbocycles. The van der Waals surface area contributed by atoms with Gasteiger partial charge in [-0.25, -0.2) is 0 Å². The van der Waals surface area contributed by atoms with Gasteiger partial charge in [-0.05, 0) is 31.0 Å². The number of non-ortho nitro benzene ring substituents is 1. The number of likely N-dealkylation sites (N-methyl/N-ethyl adjacent to an activating group) is 1. The van der Waals surface area contributed by atoms with Crippen molar-refractivity contribution < 1.29 is 4.92 Å². The van der Waals surface area contributed by atoms with Crippen molar-refractivity contribution in [3.05, 3.63) is 38.3 Å². The van der Waals surface area contributed by atoms with E-state index >= 15 is 0 Å². The lowest BCUT2D eigenvalue weighted by Crippen LogP contribution is -2.33. The highest BCUT2D eigenvalue weighted by atomic mass is 79.9. The number of halogens is 1. The normalized spacial score (nSPS) is 14.8. The summed E-state index contributed by atoms with van der Waals surface area (Å²) < 4.78 is 0.786. The molecular weight excluding hydrogens is 322 g/mol. The van der Waals surface area contributed by atoms with E-state index in [9.17, 15) is 10.1 Å². The van der Waals surface area contributed by atoms with Crippen LogP contribution in [0.15, 0.2) is 22.7 Å². The standard InChI is InChI=1S/C14H20BrN3O2/c1-2-17(12-5-6-12)8-7-16-10-11-3-4-13(18(19)20)9-14(11)15/h3-4,9,12,16H,2,5-8,10H2,1H3. The molecule has 0 bridgehead atoms. The molecule has 0 unspecified atom stereocenters. The first-order chi connectivity index (χ1) is 9.61. The van der Waals surface area contributed by atoms with Crippen molar-refractivity contribution in [3.8, 4) is 0 Å². The topological polar surface area (TPSA) is 58.4 Å². The van der Waals surface area contributed by atoms with Crippen molar-refractivity contribution in [2.75, 3.05) is 19.6 Å². The molecule has 20 heavy (non-hydrogen) atoms. The number of benzene rings is 1. The van der Waals surface area contributed by atoms with E-state index in [-0.39, 0.29) is 10.6 Å². The summed E-state index contributed by atoms with van der Waals surface area (Å²) in [6.07, 6.45) is 2.67. The maximum Gasteiger partial charge on any atom is 0.270 e. The Balaban J connectivity index is 1.77. The molecule has 0 heterocycles. The van der Waals surface area contributed by atoms with Gasteiger partial charge in [0, 0.05) is 42.3 Å². The second-order valence-electron chi connectivity index (χ2n) is 5.07. The van der Waals surface area contributed by atoms with Crippen LogP contribution < -0.4 is 5.32 Å². The van der Waals surface area contributed by atoms with Crippen molar-refractivity contribution >= 4 is 21.6 Å². The summed E-state index contributed by atoms with van der Waals surface area (Å²) in [6.45, 7) is 6.03. The zero-order chi connectivity index (χ0) is 14.5. The van der Waals surface area contributed by atoms with Crippen LogP contribution in [0.3, 0.4) is 0 Å². The first-order valence-electron chi connectivity index (χ1n) is 6.99. The van der Waals surface area contributed by atoms with E-state index in [1.807, 2.05) is 0 Å². The molecular formula is C14H20BrN3O2. The Bertz CT molecular complexity index is 477. The second-order valence-corrected chi connectivity index (χ2v) is 5.92. The summed E-state index contributed by atoms with van der Waals surface area (Å²) in [6, 6.07) is 5.70. The van der Waals surface area contributed by atoms with Crippen LogP contribution in [0.4, 0.5) is 5.69 Å². The van der Waals surface area contributed by atoms with E-state index in [1.165, 1.54) is 12.8 Å². The van der Waals surface area contributed by atoms with Gasteiger partial charge in [-0.3, -0.25) is 15.0 Å². The Morgan fingerprint density at radius 2 is 2.25 bits per heavy atom. The van der Waals surface area contributed by atoms with Crippen molar-refractivity contribution in [2.45, 2.75) is 32.4 Å². The summed E-state index contributed by atoms with van der Waals surface area (Å²) in [5, 5.41) is 14.1. The largest absolute Gasteiger partial charge is 0.311 e. The van der Waals surface area contributed by atoms with Crippen molar-refractivity contribution in [2.24, 2.45) is 0 Å². The minimum Gasteiger partial charge on any atom is -0.311 e. The molecule has 0 aliphatic heterocycles. The number of hydrogen-bond donors (Lipinski definition) is 1. The predicted molar refractivity (Wildman–Crippen MR) is 82.8 cm³/mol. The van der Waals surface area contributed by atoms with E-state index in [4.69, 9.17) is 0 Å². The maximum absolute atomic E-state index is 10.7. The molecule has 1 aliphatic rings. The summed E-state index contributed by atoms with van der Waals surface area (Å²) in [4.78, 5) is 12.8. The predicted octanol–water partition coefficient (Wildman–Crippen LogP) is 2.93. The Morgan fingerprint density at radius 1 is 1.50 bits per heavy atom. The van der Waals surface area contributed by atoms with Crippen LogP contribution in [0.1, 0.15) is 25.3 Å². The fourth-order valence-electron chi connectivity index (χ4n) is 2.28. The average molecular weight is 342 g/mol. The van der Waals surface area contributed by atoms with Gasteiger partial charge in [-0.1, -0.05) is 22.9 Å². The zero-order valence-electron chi connectivity index (χ0n) is 11.6. The first kappa shape index (κ1) is 15.4. The fraction of sp³-hybridized carbons (Fsp3) is 0.571. The lowest BCUT2D eigenvalue weighted by Gasteiger charge is -2.19. The Labute approximate surface area is 127 Å². The molecule has 2 rings (SSSR count). The van der Waals surface area contributed by atoms with Gasteiger partial charge in [-0.2, -0.15) is 0 Å². The Kier molecular flexibility index (Phi) is 5.51. The number of rotatable bonds is 8. The molecule has 1 N–H and O–H groups in total. The molecule has 0 amide bonds. The highest BCUT2D eigenvalue weighted by Crippen LogP contribution is 2.26. The van der Waals surface area contributed by atoms with Gasteiger partial charge in [-0.15, -0.1) is 0 Å². The molecule has 5 nitrogen and oxygen atoms in total. The van der Waals surface area contributed by atoms with Gasteiger partial charge in [0.05, 0.1) is 4.92 Å². The van der Waals surface area contributed by atoms with E-state index in [0.29, 0.717) is 0 Å². The minimum atomic E-state index is -0.378. The lowest BCUT2D eigenvalue weighted by molar-refractivity contribution is -0.384. The van der Waals surface area contributed by atoms with Crippen LogP contribution in [0.2, 0.25) is 0 Å². The van der Waals surface area contributed by atoms with Crippen LogP contribution in [-0.4, -0.2) is 35.5 Å². The molecule has 0 atom stereocenters. The molecule has 0 aromatic heterocycles. The molecule has 110 valence electrons. The fourth-order valence-corrected chi connectivity index (χ4v) is 2.78. The monoisotopic (exact) mass is 341 g/mol. The molecule has 0 spiro atoms. The van der Waals surface area contributed by atoms with Gasteiger partial charge in [0.2, 0.25) is 0 Å². The van der Waals surface area contributed by atoms with Gasteiger partial charge in [0.25, 0.3) is 5.69 Å². The van der Waals surface area contributed by atoms with Crippen molar-refractivity contribution in [3.63, 3.8) is 0 Å². The third-order valence-corrected chi connectivity index (χ3v) is 4.35. The highest BCUT2D eigenvalue weighted by molar-refractivity contribution is 9.10. The van der Waals surface area contributed by atoms with Crippen molar-refractivity contribution in [1.29, 1.82) is 0 Å². The van der Waals surface area contributed by atoms with Gasteiger partial charge in [0.15, 0.2) is 0 Å². The van der Waals surface area contributed by atoms with Crippen LogP contribution in [-0.2, 0) is 6.54 Å². The molecule has 1 fully saturated rings. The molecule has 0 radical (unpaired) electrons. The van der Waals surface area contributed by atoms with Crippen LogP contribution >= 0.6 is 15.9 Å². The summed E-state index contributed by atoms with van der Waals surface area (Å²) >= 11 is 3.39. The number of nitro benzene ring substituents is 1. The number of nitro groups is 1. The Morgan fingerprint density at radius 3 is 2.80 bits per heavy atom. The second kappa shape index (κ2) is 7.15. The maximum atomic E-state index is 10.7. The molecule has 1 aromatic carbocycles. The smallest absolute Gasteiger partial charge is 0.270 e. The third kappa shape index (κ3) is 4.26. The summed E-state index contributed by atoms with van der Waals surface area (Å²) in [5.41, 5.74) is 1.16. The Hall–Kier alpha value is -0.980. The molecule has 6 heteroatoms. The van der Waals surface area contributed by atoms with Crippen LogP contribution in [0, 0.1) is 10.1 Å². The van der Waals surface area contributed by atoms with E-state index in [1.54, 1.807) is 18.2 Å². The van der Waals surface area contributed by atoms with E-state index in [2.05, 4.69) is 33.1 Å².